The fraction of sp³-hybridized carbons (Fsp3) is 0.211. The number of nitrogens with zero attached hydrogens (tertiary/aromatic N) is 2. The molecule has 0 saturated heterocycles. The van der Waals surface area contributed by atoms with Gasteiger partial charge < -0.3 is 19.2 Å². The summed E-state index contributed by atoms with van der Waals surface area (Å²) in [6, 6.07) is 5.75. The molecule has 0 fully saturated rings. The number of ether oxygens (including phenoxy) is 2. The summed E-state index contributed by atoms with van der Waals surface area (Å²) in [4.78, 5) is 20.0. The molecule has 152 valence electrons. The molecule has 1 amide bonds. The maximum Gasteiger partial charge on any atom is 0.586 e. The topological polar surface area (TPSA) is 86.5 Å². The van der Waals surface area contributed by atoms with Crippen molar-refractivity contribution in [3.63, 3.8) is 0 Å². The molecule has 0 bridgehead atoms. The third kappa shape index (κ3) is 4.29. The Morgan fingerprint density at radius 3 is 2.41 bits per heavy atom. The summed E-state index contributed by atoms with van der Waals surface area (Å²) in [6.07, 6.45) is -1.12. The second kappa shape index (κ2) is 8.04. The Morgan fingerprint density at radius 1 is 1.14 bits per heavy atom. The van der Waals surface area contributed by atoms with Gasteiger partial charge in [-0.3, -0.25) is 4.79 Å². The molecule has 2 aromatic heterocycles. The standard InChI is InChI=1S/C17H10ClF2N3O4.C2H6/c1-8-15(22-7-25-8)16(24)23-14-3-2-9(6-21-14)10-4-12-13(5-11(10)18)27-17(19,20)26-12;1-2/h2-7H,1H3,(H,21,23,24);1-2H3. The minimum Gasteiger partial charge on any atom is -0.448 e. The van der Waals surface area contributed by atoms with Gasteiger partial charge >= 0.3 is 6.29 Å². The zero-order valence-corrected chi connectivity index (χ0v) is 16.4. The first kappa shape index (κ1) is 20.5. The predicted molar refractivity (Wildman–Crippen MR) is 101 cm³/mol. The van der Waals surface area contributed by atoms with Crippen molar-refractivity contribution in [3.8, 4) is 22.6 Å². The van der Waals surface area contributed by atoms with Crippen LogP contribution in [0, 0.1) is 6.92 Å². The number of benzene rings is 1. The van der Waals surface area contributed by atoms with Crippen LogP contribution in [0.15, 0.2) is 41.3 Å². The van der Waals surface area contributed by atoms with E-state index in [-0.39, 0.29) is 28.0 Å². The van der Waals surface area contributed by atoms with Crippen LogP contribution in [-0.2, 0) is 0 Å². The number of alkyl halides is 2. The van der Waals surface area contributed by atoms with Crippen molar-refractivity contribution in [2.45, 2.75) is 27.1 Å². The highest BCUT2D eigenvalue weighted by atomic mass is 35.5. The molecule has 29 heavy (non-hydrogen) atoms. The van der Waals surface area contributed by atoms with Gasteiger partial charge in [0.25, 0.3) is 5.91 Å². The lowest BCUT2D eigenvalue weighted by atomic mass is 10.1. The number of amides is 1. The Labute approximate surface area is 169 Å². The third-order valence-corrected chi connectivity index (χ3v) is 4.08. The van der Waals surface area contributed by atoms with Gasteiger partial charge in [0.15, 0.2) is 23.6 Å². The van der Waals surface area contributed by atoms with Crippen LogP contribution in [-0.4, -0.2) is 22.2 Å². The van der Waals surface area contributed by atoms with Crippen LogP contribution in [0.4, 0.5) is 14.6 Å². The molecule has 10 heteroatoms. The van der Waals surface area contributed by atoms with Gasteiger partial charge in [-0.1, -0.05) is 25.4 Å². The maximum atomic E-state index is 13.2. The average Bonchev–Trinajstić information content (AvgIpc) is 3.24. The second-order valence-electron chi connectivity index (χ2n) is 5.59. The van der Waals surface area contributed by atoms with E-state index in [1.54, 1.807) is 13.0 Å². The van der Waals surface area contributed by atoms with Crippen molar-refractivity contribution in [1.82, 2.24) is 9.97 Å². The van der Waals surface area contributed by atoms with Gasteiger partial charge in [-0.2, -0.15) is 0 Å². The minimum atomic E-state index is -3.73. The summed E-state index contributed by atoms with van der Waals surface area (Å²) in [6.45, 7) is 5.61. The number of oxazole rings is 1. The first-order valence-electron chi connectivity index (χ1n) is 8.60. The lowest BCUT2D eigenvalue weighted by Crippen LogP contribution is -2.25. The highest BCUT2D eigenvalue weighted by molar-refractivity contribution is 6.33. The number of carbonyl (C=O) groups excluding carboxylic acids is 1. The number of halogens is 3. The van der Waals surface area contributed by atoms with Crippen LogP contribution in [0.2, 0.25) is 5.02 Å². The van der Waals surface area contributed by atoms with Gasteiger partial charge in [0, 0.05) is 23.4 Å². The minimum absolute atomic E-state index is 0.127. The lowest BCUT2D eigenvalue weighted by molar-refractivity contribution is -0.286. The van der Waals surface area contributed by atoms with E-state index in [0.29, 0.717) is 16.9 Å². The van der Waals surface area contributed by atoms with Crippen LogP contribution in [0.5, 0.6) is 11.5 Å². The van der Waals surface area contributed by atoms with E-state index in [1.807, 2.05) is 13.8 Å². The Balaban J connectivity index is 0.00000117. The predicted octanol–water partition coefficient (Wildman–Crippen LogP) is 5.30. The van der Waals surface area contributed by atoms with Crippen molar-refractivity contribution >= 4 is 23.3 Å². The summed E-state index contributed by atoms with van der Waals surface area (Å²) >= 11 is 6.15. The fourth-order valence-corrected chi connectivity index (χ4v) is 2.78. The molecule has 1 aliphatic heterocycles. The van der Waals surface area contributed by atoms with Crippen LogP contribution in [0.25, 0.3) is 11.1 Å². The normalized spacial score (nSPS) is 13.4. The monoisotopic (exact) mass is 423 g/mol. The lowest BCUT2D eigenvalue weighted by Gasteiger charge is -2.07. The largest absolute Gasteiger partial charge is 0.586 e. The maximum absolute atomic E-state index is 13.2. The number of nitrogens with one attached hydrogen (secondary N) is 1. The summed E-state index contributed by atoms with van der Waals surface area (Å²) in [5, 5.41) is 2.77. The molecule has 1 N–H and O–H groups in total. The SMILES string of the molecule is CC.Cc1ocnc1C(=O)Nc1ccc(-c2cc3c(cc2Cl)OC(F)(F)O3)cn1. The van der Waals surface area contributed by atoms with Crippen LogP contribution < -0.4 is 14.8 Å². The Morgan fingerprint density at radius 2 is 1.83 bits per heavy atom. The summed E-state index contributed by atoms with van der Waals surface area (Å²) in [7, 11) is 0. The van der Waals surface area contributed by atoms with E-state index >= 15 is 0 Å². The Hall–Kier alpha value is -3.20. The highest BCUT2D eigenvalue weighted by Gasteiger charge is 2.43. The molecule has 1 aliphatic rings. The van der Waals surface area contributed by atoms with Gasteiger partial charge in [-0.05, 0) is 25.1 Å². The summed E-state index contributed by atoms with van der Waals surface area (Å²) in [5.74, 6) is -0.0840. The van der Waals surface area contributed by atoms with Crippen molar-refractivity contribution in [2.75, 3.05) is 5.32 Å². The molecule has 4 rings (SSSR count). The fourth-order valence-electron chi connectivity index (χ4n) is 2.52. The average molecular weight is 424 g/mol. The zero-order valence-electron chi connectivity index (χ0n) is 15.6. The molecule has 1 aromatic carbocycles. The number of pyridine rings is 1. The molecule has 0 radical (unpaired) electrons. The molecule has 0 atom stereocenters. The number of hydrogen-bond acceptors (Lipinski definition) is 6. The number of rotatable bonds is 3. The van der Waals surface area contributed by atoms with Crippen molar-refractivity contribution in [2.24, 2.45) is 0 Å². The highest BCUT2D eigenvalue weighted by Crippen LogP contribution is 2.45. The molecular weight excluding hydrogens is 408 g/mol. The number of hydrogen-bond donors (Lipinski definition) is 1. The molecule has 0 aliphatic carbocycles. The smallest absolute Gasteiger partial charge is 0.448 e. The van der Waals surface area contributed by atoms with Gasteiger partial charge in [0.1, 0.15) is 11.6 Å². The van der Waals surface area contributed by atoms with Crippen molar-refractivity contribution < 1.29 is 27.5 Å². The van der Waals surface area contributed by atoms with E-state index < -0.39 is 12.2 Å². The first-order chi connectivity index (χ1) is 13.8. The van der Waals surface area contributed by atoms with Gasteiger partial charge in [0.2, 0.25) is 0 Å². The molecule has 3 heterocycles. The molecule has 3 aromatic rings. The van der Waals surface area contributed by atoms with Crippen molar-refractivity contribution in [3.05, 3.63) is 53.3 Å². The van der Waals surface area contributed by atoms with Gasteiger partial charge in [0.05, 0.1) is 5.02 Å². The Bertz CT molecular complexity index is 1040. The van der Waals surface area contributed by atoms with Crippen LogP contribution in [0.3, 0.4) is 0 Å². The van der Waals surface area contributed by atoms with E-state index in [0.717, 1.165) is 0 Å². The second-order valence-corrected chi connectivity index (χ2v) is 6.00. The molecular formula is C19H16ClF2N3O4. The quantitative estimate of drug-likeness (QED) is 0.615. The molecule has 7 nitrogen and oxygen atoms in total. The number of carbonyl (C=O) groups is 1. The Kier molecular flexibility index (Phi) is 5.69. The van der Waals surface area contributed by atoms with E-state index in [2.05, 4.69) is 24.8 Å². The van der Waals surface area contributed by atoms with E-state index in [9.17, 15) is 13.6 Å². The number of aryl methyl sites for hydroxylation is 1. The van der Waals surface area contributed by atoms with Crippen molar-refractivity contribution in [1.29, 1.82) is 0 Å². The van der Waals surface area contributed by atoms with Crippen LogP contribution >= 0.6 is 11.6 Å². The van der Waals surface area contributed by atoms with E-state index in [1.165, 1.54) is 30.8 Å². The summed E-state index contributed by atoms with van der Waals surface area (Å²) < 4.78 is 40.1. The third-order valence-electron chi connectivity index (χ3n) is 3.77. The molecule has 0 unspecified atom stereocenters. The summed E-state index contributed by atoms with van der Waals surface area (Å²) in [5.41, 5.74) is 1.12. The number of anilines is 1. The molecule has 0 spiro atoms. The van der Waals surface area contributed by atoms with Crippen LogP contribution in [0.1, 0.15) is 30.1 Å². The number of fused-ring (bicyclic) bond motifs is 1. The van der Waals surface area contributed by atoms with Gasteiger partial charge in [-0.25, -0.2) is 9.97 Å². The van der Waals surface area contributed by atoms with E-state index in [4.69, 9.17) is 16.0 Å². The number of aromatic nitrogens is 2. The first-order valence-corrected chi connectivity index (χ1v) is 8.97. The zero-order chi connectivity index (χ0) is 21.2. The van der Waals surface area contributed by atoms with Gasteiger partial charge in [-0.15, -0.1) is 8.78 Å². The molecule has 0 saturated carbocycles.